The molecule has 1 N–H and O–H groups in total. The van der Waals surface area contributed by atoms with Crippen LogP contribution >= 0.6 is 11.6 Å². The van der Waals surface area contributed by atoms with E-state index < -0.39 is 6.04 Å². The van der Waals surface area contributed by atoms with E-state index in [-0.39, 0.29) is 24.8 Å². The first-order valence-corrected chi connectivity index (χ1v) is 8.69. The van der Waals surface area contributed by atoms with Crippen LogP contribution in [0.15, 0.2) is 54.6 Å². The standard InChI is InChI=1S/C20H20ClN3O2/c1-2-24(13-12-22)19(25)14-18(15-8-4-3-5-9-15)23-20(26)16-10-6-7-11-17(16)21/h3-11,18H,2,13-14H2,1H3,(H,23,26). The van der Waals surface area contributed by atoms with Crippen molar-refractivity contribution in [1.82, 2.24) is 10.2 Å². The molecular formula is C20H20ClN3O2. The Balaban J connectivity index is 2.22. The number of nitriles is 1. The fraction of sp³-hybridized carbons (Fsp3) is 0.250. The normalized spacial score (nSPS) is 11.3. The molecule has 26 heavy (non-hydrogen) atoms. The molecule has 2 amide bonds. The molecular weight excluding hydrogens is 350 g/mol. The Morgan fingerprint density at radius 1 is 1.15 bits per heavy atom. The van der Waals surface area contributed by atoms with Crippen LogP contribution in [0.2, 0.25) is 5.02 Å². The summed E-state index contributed by atoms with van der Waals surface area (Å²) in [5.74, 6) is -0.539. The third-order valence-corrected chi connectivity index (χ3v) is 4.33. The Labute approximate surface area is 158 Å². The summed E-state index contributed by atoms with van der Waals surface area (Å²) in [5.41, 5.74) is 1.17. The summed E-state index contributed by atoms with van der Waals surface area (Å²) in [6, 6.07) is 17.5. The summed E-state index contributed by atoms with van der Waals surface area (Å²) in [6.07, 6.45) is 0.0652. The Morgan fingerprint density at radius 3 is 2.42 bits per heavy atom. The second-order valence-corrected chi connectivity index (χ2v) is 6.09. The van der Waals surface area contributed by atoms with Crippen LogP contribution in [0.4, 0.5) is 0 Å². The van der Waals surface area contributed by atoms with Gasteiger partial charge in [-0.1, -0.05) is 54.1 Å². The number of rotatable bonds is 7. The molecule has 0 aliphatic rings. The molecule has 0 fully saturated rings. The van der Waals surface area contributed by atoms with E-state index in [9.17, 15) is 9.59 Å². The molecule has 2 aromatic carbocycles. The molecule has 134 valence electrons. The van der Waals surface area contributed by atoms with E-state index in [0.29, 0.717) is 17.1 Å². The molecule has 2 rings (SSSR count). The maximum absolute atomic E-state index is 12.6. The molecule has 0 bridgehead atoms. The maximum Gasteiger partial charge on any atom is 0.253 e. The number of benzene rings is 2. The number of nitrogens with one attached hydrogen (secondary N) is 1. The Kier molecular flexibility index (Phi) is 7.19. The number of halogens is 1. The molecule has 1 unspecified atom stereocenters. The fourth-order valence-electron chi connectivity index (χ4n) is 2.58. The molecule has 0 radical (unpaired) electrons. The van der Waals surface area contributed by atoms with E-state index in [2.05, 4.69) is 5.32 Å². The summed E-state index contributed by atoms with van der Waals surface area (Å²) >= 11 is 6.10. The smallest absolute Gasteiger partial charge is 0.253 e. The van der Waals surface area contributed by atoms with Gasteiger partial charge in [-0.15, -0.1) is 0 Å². The molecule has 0 heterocycles. The minimum Gasteiger partial charge on any atom is -0.345 e. The largest absolute Gasteiger partial charge is 0.345 e. The number of carbonyl (C=O) groups is 2. The second kappa shape index (κ2) is 9.59. The zero-order valence-corrected chi connectivity index (χ0v) is 15.2. The molecule has 0 aliphatic heterocycles. The lowest BCUT2D eigenvalue weighted by Crippen LogP contribution is -2.36. The van der Waals surface area contributed by atoms with Crippen LogP contribution in [0, 0.1) is 11.3 Å². The molecule has 5 nitrogen and oxygen atoms in total. The van der Waals surface area contributed by atoms with Crippen LogP contribution in [0.25, 0.3) is 0 Å². The van der Waals surface area contributed by atoms with Crippen LogP contribution in [0.3, 0.4) is 0 Å². The van der Waals surface area contributed by atoms with Gasteiger partial charge in [0.15, 0.2) is 0 Å². The van der Waals surface area contributed by atoms with Gasteiger partial charge in [0.25, 0.3) is 5.91 Å². The van der Waals surface area contributed by atoms with Crippen molar-refractivity contribution in [1.29, 1.82) is 5.26 Å². The first-order valence-electron chi connectivity index (χ1n) is 8.31. The maximum atomic E-state index is 12.6. The molecule has 0 saturated carbocycles. The van der Waals surface area contributed by atoms with Gasteiger partial charge in [0.05, 0.1) is 29.1 Å². The summed E-state index contributed by atoms with van der Waals surface area (Å²) in [4.78, 5) is 26.6. The van der Waals surface area contributed by atoms with Crippen molar-refractivity contribution in [3.8, 4) is 6.07 Å². The predicted molar refractivity (Wildman–Crippen MR) is 101 cm³/mol. The zero-order valence-electron chi connectivity index (χ0n) is 14.5. The van der Waals surface area contributed by atoms with Gasteiger partial charge in [0, 0.05) is 6.54 Å². The SMILES string of the molecule is CCN(CC#N)C(=O)CC(NC(=O)c1ccccc1Cl)c1ccccc1. The van der Waals surface area contributed by atoms with Crippen molar-refractivity contribution in [2.24, 2.45) is 0 Å². The Hall–Kier alpha value is -2.84. The first kappa shape index (κ1) is 19.5. The Bertz CT molecular complexity index is 802. The fourth-order valence-corrected chi connectivity index (χ4v) is 2.81. The average Bonchev–Trinajstić information content (AvgIpc) is 2.66. The zero-order chi connectivity index (χ0) is 18.9. The lowest BCUT2D eigenvalue weighted by molar-refractivity contribution is -0.130. The Morgan fingerprint density at radius 2 is 1.81 bits per heavy atom. The van der Waals surface area contributed by atoms with E-state index in [1.54, 1.807) is 24.3 Å². The number of nitrogens with zero attached hydrogens (tertiary/aromatic N) is 2. The second-order valence-electron chi connectivity index (χ2n) is 5.69. The van der Waals surface area contributed by atoms with Gasteiger partial charge in [0.2, 0.25) is 5.91 Å². The van der Waals surface area contributed by atoms with E-state index in [0.717, 1.165) is 5.56 Å². The van der Waals surface area contributed by atoms with Crippen molar-refractivity contribution in [2.45, 2.75) is 19.4 Å². The molecule has 0 aliphatic carbocycles. The summed E-state index contributed by atoms with van der Waals surface area (Å²) in [6.45, 7) is 2.27. The number of amides is 2. The minimum absolute atomic E-state index is 0.0231. The van der Waals surface area contributed by atoms with E-state index in [4.69, 9.17) is 16.9 Å². The average molecular weight is 370 g/mol. The highest BCUT2D eigenvalue weighted by atomic mass is 35.5. The van der Waals surface area contributed by atoms with Crippen molar-refractivity contribution in [3.05, 3.63) is 70.7 Å². The van der Waals surface area contributed by atoms with Crippen LogP contribution in [-0.4, -0.2) is 29.8 Å². The van der Waals surface area contributed by atoms with Crippen LogP contribution in [-0.2, 0) is 4.79 Å². The van der Waals surface area contributed by atoms with Gasteiger partial charge in [-0.25, -0.2) is 0 Å². The van der Waals surface area contributed by atoms with Gasteiger partial charge in [-0.05, 0) is 24.6 Å². The quantitative estimate of drug-likeness (QED) is 0.758. The third-order valence-electron chi connectivity index (χ3n) is 4.00. The monoisotopic (exact) mass is 369 g/mol. The van der Waals surface area contributed by atoms with Crippen LogP contribution < -0.4 is 5.32 Å². The van der Waals surface area contributed by atoms with E-state index in [1.165, 1.54) is 4.90 Å². The van der Waals surface area contributed by atoms with Crippen LogP contribution in [0.1, 0.15) is 35.3 Å². The predicted octanol–water partition coefficient (Wildman–Crippen LogP) is 3.57. The van der Waals surface area contributed by atoms with Gasteiger partial charge in [0.1, 0.15) is 6.54 Å². The van der Waals surface area contributed by atoms with Crippen molar-refractivity contribution >= 4 is 23.4 Å². The number of hydrogen-bond donors (Lipinski definition) is 1. The highest BCUT2D eigenvalue weighted by Gasteiger charge is 2.22. The molecule has 0 spiro atoms. The minimum atomic E-state index is -0.514. The van der Waals surface area contributed by atoms with Gasteiger partial charge in [-0.2, -0.15) is 5.26 Å². The summed E-state index contributed by atoms with van der Waals surface area (Å²) in [7, 11) is 0. The molecule has 6 heteroatoms. The van der Waals surface area contributed by atoms with Crippen molar-refractivity contribution in [3.63, 3.8) is 0 Å². The summed E-state index contributed by atoms with van der Waals surface area (Å²) < 4.78 is 0. The van der Waals surface area contributed by atoms with E-state index >= 15 is 0 Å². The topological polar surface area (TPSA) is 73.2 Å². The lowest BCUT2D eigenvalue weighted by Gasteiger charge is -2.23. The number of hydrogen-bond acceptors (Lipinski definition) is 3. The lowest BCUT2D eigenvalue weighted by atomic mass is 10.0. The van der Waals surface area contributed by atoms with Gasteiger partial charge in [-0.3, -0.25) is 9.59 Å². The highest BCUT2D eigenvalue weighted by molar-refractivity contribution is 6.33. The number of carbonyl (C=O) groups excluding carboxylic acids is 2. The van der Waals surface area contributed by atoms with Crippen molar-refractivity contribution in [2.75, 3.05) is 13.1 Å². The molecule has 0 saturated heterocycles. The summed E-state index contributed by atoms with van der Waals surface area (Å²) in [5, 5.41) is 12.1. The molecule has 1 atom stereocenters. The van der Waals surface area contributed by atoms with Crippen LogP contribution in [0.5, 0.6) is 0 Å². The molecule has 0 aromatic heterocycles. The van der Waals surface area contributed by atoms with Gasteiger partial charge >= 0.3 is 0 Å². The molecule has 2 aromatic rings. The van der Waals surface area contributed by atoms with Crippen molar-refractivity contribution < 1.29 is 9.59 Å². The first-order chi connectivity index (χ1) is 12.6. The third kappa shape index (κ3) is 5.08. The van der Waals surface area contributed by atoms with Gasteiger partial charge < -0.3 is 10.2 Å². The van der Waals surface area contributed by atoms with E-state index in [1.807, 2.05) is 43.3 Å². The highest BCUT2D eigenvalue weighted by Crippen LogP contribution is 2.21.